The lowest BCUT2D eigenvalue weighted by atomic mass is 9.96. The maximum Gasteiger partial charge on any atom is 0.410 e. The molecular formula is C28H27Cl2F3N6O3. The molecule has 0 saturated heterocycles. The van der Waals surface area contributed by atoms with Gasteiger partial charge in [-0.05, 0) is 43.7 Å². The number of amides is 1. The van der Waals surface area contributed by atoms with Crippen molar-refractivity contribution in [2.45, 2.75) is 45.1 Å². The second-order valence-corrected chi connectivity index (χ2v) is 10.6. The Balaban J connectivity index is 1.42. The Hall–Kier alpha value is -3.90. The van der Waals surface area contributed by atoms with Gasteiger partial charge in [0.05, 0.1) is 43.9 Å². The summed E-state index contributed by atoms with van der Waals surface area (Å²) in [6.07, 6.45) is -4.95. The number of carbonyl (C=O) groups is 1. The van der Waals surface area contributed by atoms with Crippen LogP contribution in [0.2, 0.25) is 10.0 Å². The van der Waals surface area contributed by atoms with Crippen molar-refractivity contribution in [2.24, 2.45) is 0 Å². The molecule has 4 aromatic rings. The summed E-state index contributed by atoms with van der Waals surface area (Å²) in [5.41, 5.74) is 2.59. The lowest BCUT2D eigenvalue weighted by molar-refractivity contribution is -0.173. The molecule has 0 aliphatic carbocycles. The minimum atomic E-state index is -4.61. The van der Waals surface area contributed by atoms with Gasteiger partial charge >= 0.3 is 6.18 Å². The molecule has 2 aromatic carbocycles. The number of benzene rings is 2. The molecule has 222 valence electrons. The first-order valence-corrected chi connectivity index (χ1v) is 13.6. The van der Waals surface area contributed by atoms with Crippen molar-refractivity contribution in [3.05, 3.63) is 80.7 Å². The molecule has 2 N–H and O–H groups in total. The van der Waals surface area contributed by atoms with Crippen LogP contribution in [0.3, 0.4) is 0 Å². The van der Waals surface area contributed by atoms with Gasteiger partial charge in [-0.25, -0.2) is 4.68 Å². The Labute approximate surface area is 249 Å². The Bertz CT molecular complexity index is 1630. The van der Waals surface area contributed by atoms with Crippen LogP contribution in [-0.4, -0.2) is 45.9 Å². The van der Waals surface area contributed by atoms with E-state index < -0.39 is 24.2 Å². The Morgan fingerprint density at radius 3 is 2.40 bits per heavy atom. The van der Waals surface area contributed by atoms with Gasteiger partial charge in [0, 0.05) is 28.1 Å². The van der Waals surface area contributed by atoms with Crippen molar-refractivity contribution >= 4 is 40.6 Å². The number of nitrogens with zero attached hydrogens (tertiary/aromatic N) is 4. The molecule has 5 rings (SSSR count). The average Bonchev–Trinajstić information content (AvgIpc) is 3.50. The SMILES string of the molecule is COc1ccc(C2CC(C(F)(F)F)n3nc(C(=O)Nc4c(C)nn(Cc5c(Cl)cccc5Cl)c4C)cc3N2)cc1OC. The van der Waals surface area contributed by atoms with Crippen molar-refractivity contribution in [3.8, 4) is 11.5 Å². The van der Waals surface area contributed by atoms with Gasteiger partial charge < -0.3 is 20.1 Å². The number of ether oxygens (including phenoxy) is 2. The number of fused-ring (bicyclic) bond motifs is 1. The van der Waals surface area contributed by atoms with Crippen molar-refractivity contribution in [1.29, 1.82) is 0 Å². The maximum atomic E-state index is 14.2. The highest BCUT2D eigenvalue weighted by atomic mass is 35.5. The van der Waals surface area contributed by atoms with Crippen LogP contribution < -0.4 is 20.1 Å². The standard InChI is InChI=1S/C28H27Cl2F3N6O3/c1-14-26(15(2)38(36-14)13-17-18(29)6-5-7-19(17)30)35-27(40)21-12-25-34-20(11-24(28(31,32)33)39(25)37-21)16-8-9-22(41-3)23(10-16)42-4/h5-10,12,20,24,34H,11,13H2,1-4H3,(H,35,40). The minimum Gasteiger partial charge on any atom is -0.493 e. The molecule has 2 unspecified atom stereocenters. The predicted molar refractivity (Wildman–Crippen MR) is 153 cm³/mol. The van der Waals surface area contributed by atoms with Gasteiger partial charge in [-0.3, -0.25) is 9.48 Å². The molecule has 0 saturated carbocycles. The number of anilines is 2. The molecule has 1 amide bonds. The summed E-state index contributed by atoms with van der Waals surface area (Å²) >= 11 is 12.6. The summed E-state index contributed by atoms with van der Waals surface area (Å²) in [4.78, 5) is 13.3. The molecule has 0 bridgehead atoms. The Morgan fingerprint density at radius 2 is 1.76 bits per heavy atom. The molecule has 14 heteroatoms. The quantitative estimate of drug-likeness (QED) is 0.231. The Kier molecular flexibility index (Phi) is 8.04. The van der Waals surface area contributed by atoms with Crippen molar-refractivity contribution in [1.82, 2.24) is 19.6 Å². The molecule has 1 aliphatic heterocycles. The highest BCUT2D eigenvalue weighted by molar-refractivity contribution is 6.36. The van der Waals surface area contributed by atoms with Gasteiger partial charge in [-0.15, -0.1) is 0 Å². The summed E-state index contributed by atoms with van der Waals surface area (Å²) in [5, 5.41) is 15.3. The smallest absolute Gasteiger partial charge is 0.410 e. The molecule has 0 fully saturated rings. The number of methoxy groups -OCH3 is 2. The van der Waals surface area contributed by atoms with E-state index in [4.69, 9.17) is 32.7 Å². The third-order valence-corrected chi connectivity index (χ3v) is 7.93. The van der Waals surface area contributed by atoms with Crippen molar-refractivity contribution in [2.75, 3.05) is 24.9 Å². The highest BCUT2D eigenvalue weighted by Crippen LogP contribution is 2.44. The number of nitrogens with one attached hydrogen (secondary N) is 2. The number of aryl methyl sites for hydroxylation is 1. The van der Waals surface area contributed by atoms with Crippen molar-refractivity contribution in [3.63, 3.8) is 0 Å². The zero-order valence-corrected chi connectivity index (χ0v) is 24.5. The van der Waals surface area contributed by atoms with E-state index in [2.05, 4.69) is 20.8 Å². The number of hydrogen-bond acceptors (Lipinski definition) is 6. The monoisotopic (exact) mass is 622 g/mol. The minimum absolute atomic E-state index is 0.0611. The second kappa shape index (κ2) is 11.4. The second-order valence-electron chi connectivity index (χ2n) is 9.82. The Morgan fingerprint density at radius 1 is 1.07 bits per heavy atom. The van der Waals surface area contributed by atoms with Crippen LogP contribution in [0, 0.1) is 13.8 Å². The van der Waals surface area contributed by atoms with Gasteiger partial charge in [0.25, 0.3) is 5.91 Å². The maximum absolute atomic E-state index is 14.2. The van der Waals surface area contributed by atoms with Crippen molar-refractivity contribution < 1.29 is 27.4 Å². The summed E-state index contributed by atoms with van der Waals surface area (Å²) in [6.45, 7) is 3.72. The number of alkyl halides is 3. The van der Waals surface area contributed by atoms with E-state index in [1.54, 1.807) is 54.9 Å². The third kappa shape index (κ3) is 5.60. The molecule has 9 nitrogen and oxygen atoms in total. The number of aromatic nitrogens is 4. The van der Waals surface area contributed by atoms with Crippen LogP contribution in [-0.2, 0) is 6.54 Å². The summed E-state index contributed by atoms with van der Waals surface area (Å²) in [7, 11) is 2.93. The third-order valence-electron chi connectivity index (χ3n) is 7.22. The predicted octanol–water partition coefficient (Wildman–Crippen LogP) is 6.98. The van der Waals surface area contributed by atoms with E-state index in [0.717, 1.165) is 4.68 Å². The van der Waals surface area contributed by atoms with Crippen LogP contribution in [0.5, 0.6) is 11.5 Å². The topological polar surface area (TPSA) is 95.2 Å². The molecule has 1 aliphatic rings. The fraction of sp³-hybridized carbons (Fsp3) is 0.321. The zero-order chi connectivity index (χ0) is 30.3. The lowest BCUT2D eigenvalue weighted by Crippen LogP contribution is -2.35. The van der Waals surface area contributed by atoms with E-state index in [1.165, 1.54) is 20.3 Å². The van der Waals surface area contributed by atoms with Gasteiger partial charge in [0.15, 0.2) is 23.2 Å². The first-order valence-electron chi connectivity index (χ1n) is 12.8. The first-order chi connectivity index (χ1) is 19.9. The van der Waals surface area contributed by atoms with E-state index >= 15 is 0 Å². The van der Waals surface area contributed by atoms with Gasteiger partial charge in [-0.2, -0.15) is 23.4 Å². The first kappa shape index (κ1) is 29.6. The van der Waals surface area contributed by atoms with Crippen LogP contribution in [0.4, 0.5) is 24.7 Å². The molecular weight excluding hydrogens is 596 g/mol. The number of halogens is 5. The normalized spacial score (nSPS) is 16.5. The average molecular weight is 623 g/mol. The summed E-state index contributed by atoms with van der Waals surface area (Å²) < 4.78 is 55.7. The molecule has 0 spiro atoms. The van der Waals surface area contributed by atoms with E-state index in [1.807, 2.05) is 0 Å². The summed E-state index contributed by atoms with van der Waals surface area (Å²) in [6, 6.07) is 8.72. The van der Waals surface area contributed by atoms with Gasteiger partial charge in [0.2, 0.25) is 0 Å². The number of hydrogen-bond donors (Lipinski definition) is 2. The summed E-state index contributed by atoms with van der Waals surface area (Å²) in [5.74, 6) is 0.231. The van der Waals surface area contributed by atoms with E-state index in [9.17, 15) is 18.0 Å². The lowest BCUT2D eigenvalue weighted by Gasteiger charge is -2.33. The highest BCUT2D eigenvalue weighted by Gasteiger charge is 2.47. The van der Waals surface area contributed by atoms with Gasteiger partial charge in [0.1, 0.15) is 5.82 Å². The fourth-order valence-corrected chi connectivity index (χ4v) is 5.53. The number of carbonyl (C=O) groups excluding carboxylic acids is 1. The zero-order valence-electron chi connectivity index (χ0n) is 23.0. The van der Waals surface area contributed by atoms with E-state index in [0.29, 0.717) is 49.7 Å². The van der Waals surface area contributed by atoms with E-state index in [-0.39, 0.29) is 24.5 Å². The van der Waals surface area contributed by atoms with Crippen LogP contribution >= 0.6 is 23.2 Å². The molecule has 42 heavy (non-hydrogen) atoms. The van der Waals surface area contributed by atoms with Crippen LogP contribution in [0.1, 0.15) is 51.5 Å². The number of rotatable bonds is 7. The molecule has 3 heterocycles. The molecule has 0 radical (unpaired) electrons. The molecule has 2 aromatic heterocycles. The van der Waals surface area contributed by atoms with Crippen LogP contribution in [0.25, 0.3) is 0 Å². The van der Waals surface area contributed by atoms with Gasteiger partial charge in [-0.1, -0.05) is 35.3 Å². The molecule has 2 atom stereocenters. The fourth-order valence-electron chi connectivity index (χ4n) is 5.02. The van der Waals surface area contributed by atoms with Crippen LogP contribution in [0.15, 0.2) is 42.5 Å². The largest absolute Gasteiger partial charge is 0.493 e.